The van der Waals surface area contributed by atoms with Crippen LogP contribution in [0.3, 0.4) is 0 Å². The first-order valence-electron chi connectivity index (χ1n) is 5.14. The van der Waals surface area contributed by atoms with Crippen LogP contribution in [-0.2, 0) is 11.2 Å². The van der Waals surface area contributed by atoms with Crippen molar-refractivity contribution >= 4 is 11.3 Å². The van der Waals surface area contributed by atoms with Crippen LogP contribution in [-0.4, -0.2) is 18.2 Å². The molecule has 4 heteroatoms. The lowest BCUT2D eigenvalue weighted by atomic mass is 10.1. The van der Waals surface area contributed by atoms with Crippen molar-refractivity contribution in [2.75, 3.05) is 6.61 Å². The zero-order valence-corrected chi connectivity index (χ0v) is 10.4. The molecule has 1 aromatic heterocycles. The first-order chi connectivity index (χ1) is 7.01. The molecule has 3 nitrogen and oxygen atoms in total. The summed E-state index contributed by atoms with van der Waals surface area (Å²) in [7, 11) is 0. The van der Waals surface area contributed by atoms with E-state index in [2.05, 4.69) is 22.9 Å². The lowest BCUT2D eigenvalue weighted by molar-refractivity contribution is -0.0142. The molecule has 3 N–H and O–H groups in total. The van der Waals surface area contributed by atoms with E-state index < -0.39 is 0 Å². The number of thiophene rings is 1. The van der Waals surface area contributed by atoms with Gasteiger partial charge in [0.25, 0.3) is 0 Å². The summed E-state index contributed by atoms with van der Waals surface area (Å²) in [5.41, 5.74) is 2.69. The van der Waals surface area contributed by atoms with E-state index in [0.717, 1.165) is 6.42 Å². The highest BCUT2D eigenvalue weighted by atomic mass is 32.1. The summed E-state index contributed by atoms with van der Waals surface area (Å²) >= 11 is 1.75. The van der Waals surface area contributed by atoms with Crippen LogP contribution in [0, 0.1) is 0 Å². The Hall–Kier alpha value is -0.420. The molecule has 0 saturated carbocycles. The normalized spacial score (nSPS) is 14.1. The summed E-state index contributed by atoms with van der Waals surface area (Å²) < 4.78 is 5.69. The van der Waals surface area contributed by atoms with E-state index >= 15 is 0 Å². The fourth-order valence-electron chi connectivity index (χ4n) is 1.19. The highest BCUT2D eigenvalue weighted by Gasteiger charge is 2.15. The Morgan fingerprint density at radius 1 is 1.53 bits per heavy atom. The summed E-state index contributed by atoms with van der Waals surface area (Å²) in [6.45, 7) is 6.78. The number of ether oxygens (including phenoxy) is 1. The van der Waals surface area contributed by atoms with Gasteiger partial charge in [0.2, 0.25) is 0 Å². The second-order valence-electron chi connectivity index (χ2n) is 4.57. The number of nitrogens with two attached hydrogens (primary N) is 1. The fraction of sp³-hybridized carbons (Fsp3) is 0.636. The van der Waals surface area contributed by atoms with Crippen molar-refractivity contribution in [1.29, 1.82) is 0 Å². The van der Waals surface area contributed by atoms with Gasteiger partial charge in [-0.05, 0) is 32.2 Å². The molecule has 0 aliphatic rings. The minimum Gasteiger partial charge on any atom is -0.374 e. The summed E-state index contributed by atoms with van der Waals surface area (Å²) in [6, 6.07) is 4.35. The van der Waals surface area contributed by atoms with Crippen LogP contribution >= 0.6 is 11.3 Å². The topological polar surface area (TPSA) is 47.3 Å². The summed E-state index contributed by atoms with van der Waals surface area (Å²) in [4.78, 5) is 1.33. The third-order valence-electron chi connectivity index (χ3n) is 1.98. The maximum absolute atomic E-state index is 5.69. The molecule has 0 saturated heterocycles. The number of hydrogen-bond acceptors (Lipinski definition) is 4. The van der Waals surface area contributed by atoms with E-state index in [1.165, 1.54) is 4.88 Å². The van der Waals surface area contributed by atoms with Crippen LogP contribution < -0.4 is 11.3 Å². The summed E-state index contributed by atoms with van der Waals surface area (Å²) in [6.07, 6.45) is 0.921. The average Bonchev–Trinajstić information content (AvgIpc) is 2.63. The molecule has 1 unspecified atom stereocenters. The van der Waals surface area contributed by atoms with Gasteiger partial charge in [-0.2, -0.15) is 0 Å². The molecule has 86 valence electrons. The zero-order valence-electron chi connectivity index (χ0n) is 9.62. The molecule has 0 aliphatic heterocycles. The molecule has 1 heterocycles. The molecule has 0 bridgehead atoms. The van der Waals surface area contributed by atoms with Gasteiger partial charge >= 0.3 is 0 Å². The molecule has 0 aromatic carbocycles. The molecule has 0 aliphatic carbocycles. The molecule has 0 fully saturated rings. The smallest absolute Gasteiger partial charge is 0.0643 e. The summed E-state index contributed by atoms with van der Waals surface area (Å²) in [5, 5.41) is 2.08. The van der Waals surface area contributed by atoms with Crippen molar-refractivity contribution in [3.63, 3.8) is 0 Å². The largest absolute Gasteiger partial charge is 0.374 e. The van der Waals surface area contributed by atoms with Crippen LogP contribution in [0.5, 0.6) is 0 Å². The highest BCUT2D eigenvalue weighted by Crippen LogP contribution is 2.13. The van der Waals surface area contributed by atoms with Crippen molar-refractivity contribution in [3.05, 3.63) is 22.4 Å². The van der Waals surface area contributed by atoms with Crippen LogP contribution in [0.15, 0.2) is 17.5 Å². The molecule has 0 radical (unpaired) electrons. The molecule has 15 heavy (non-hydrogen) atoms. The lowest BCUT2D eigenvalue weighted by Crippen LogP contribution is -2.42. The Morgan fingerprint density at radius 3 is 2.73 bits per heavy atom. The van der Waals surface area contributed by atoms with Gasteiger partial charge in [0.15, 0.2) is 0 Å². The average molecular weight is 228 g/mol. The standard InChI is InChI=1S/C11H20N2OS/c1-11(2,3)14-8-9(13-12)7-10-5-4-6-15-10/h4-6,9,13H,7-8,12H2,1-3H3. The predicted molar refractivity (Wildman–Crippen MR) is 64.8 cm³/mol. The van der Waals surface area contributed by atoms with Crippen molar-refractivity contribution in [1.82, 2.24) is 5.43 Å². The van der Waals surface area contributed by atoms with Crippen LogP contribution in [0.1, 0.15) is 25.6 Å². The predicted octanol–water partition coefficient (Wildman–Crippen LogP) is 1.94. The van der Waals surface area contributed by atoms with E-state index in [-0.39, 0.29) is 11.6 Å². The Morgan fingerprint density at radius 2 is 2.27 bits per heavy atom. The zero-order chi connectivity index (χ0) is 11.3. The Labute approximate surface area is 95.6 Å². The molecule has 0 amide bonds. The third-order valence-corrected chi connectivity index (χ3v) is 2.88. The quantitative estimate of drug-likeness (QED) is 0.598. The summed E-state index contributed by atoms with van der Waals surface area (Å²) in [5.74, 6) is 5.49. The van der Waals surface area contributed by atoms with E-state index in [1.54, 1.807) is 11.3 Å². The van der Waals surface area contributed by atoms with E-state index in [0.29, 0.717) is 6.61 Å². The minimum atomic E-state index is -0.107. The first kappa shape index (κ1) is 12.6. The Kier molecular flexibility index (Phi) is 4.73. The van der Waals surface area contributed by atoms with Crippen LogP contribution in [0.25, 0.3) is 0 Å². The SMILES string of the molecule is CC(C)(C)OCC(Cc1cccs1)NN. The van der Waals surface area contributed by atoms with Gasteiger partial charge in [0.1, 0.15) is 0 Å². The highest BCUT2D eigenvalue weighted by molar-refractivity contribution is 7.09. The van der Waals surface area contributed by atoms with Gasteiger partial charge in [-0.15, -0.1) is 11.3 Å². The van der Waals surface area contributed by atoms with Gasteiger partial charge < -0.3 is 4.74 Å². The molecular weight excluding hydrogens is 208 g/mol. The van der Waals surface area contributed by atoms with Crippen LogP contribution in [0.2, 0.25) is 0 Å². The lowest BCUT2D eigenvalue weighted by Gasteiger charge is -2.23. The van der Waals surface area contributed by atoms with Gasteiger partial charge in [-0.3, -0.25) is 11.3 Å². The Balaban J connectivity index is 2.36. The van der Waals surface area contributed by atoms with E-state index in [1.807, 2.05) is 20.8 Å². The van der Waals surface area contributed by atoms with Crippen molar-refractivity contribution in [2.45, 2.75) is 38.8 Å². The fourth-order valence-corrected chi connectivity index (χ4v) is 1.97. The van der Waals surface area contributed by atoms with E-state index in [4.69, 9.17) is 10.6 Å². The first-order valence-corrected chi connectivity index (χ1v) is 6.02. The number of rotatable bonds is 5. The number of hydrogen-bond donors (Lipinski definition) is 2. The van der Waals surface area contributed by atoms with Crippen molar-refractivity contribution < 1.29 is 4.74 Å². The molecule has 1 atom stereocenters. The molecular formula is C11H20N2OS. The Bertz CT molecular complexity index is 267. The third kappa shape index (κ3) is 5.28. The minimum absolute atomic E-state index is 0.107. The van der Waals surface area contributed by atoms with Gasteiger partial charge in [0.05, 0.1) is 12.2 Å². The van der Waals surface area contributed by atoms with Crippen molar-refractivity contribution in [3.8, 4) is 0 Å². The second-order valence-corrected chi connectivity index (χ2v) is 5.60. The molecule has 0 spiro atoms. The van der Waals surface area contributed by atoms with Gasteiger partial charge in [-0.25, -0.2) is 0 Å². The second kappa shape index (κ2) is 5.61. The molecule has 1 rings (SSSR count). The maximum atomic E-state index is 5.69. The maximum Gasteiger partial charge on any atom is 0.0643 e. The molecule has 1 aromatic rings. The van der Waals surface area contributed by atoms with Crippen LogP contribution in [0.4, 0.5) is 0 Å². The number of nitrogens with one attached hydrogen (secondary N) is 1. The van der Waals surface area contributed by atoms with Gasteiger partial charge in [-0.1, -0.05) is 6.07 Å². The number of hydrazine groups is 1. The van der Waals surface area contributed by atoms with E-state index in [9.17, 15) is 0 Å². The van der Waals surface area contributed by atoms with Gasteiger partial charge in [0, 0.05) is 17.3 Å². The monoisotopic (exact) mass is 228 g/mol. The van der Waals surface area contributed by atoms with Crippen molar-refractivity contribution in [2.24, 2.45) is 5.84 Å².